The number of nitrogens with one attached hydrogen (secondary N) is 2. The highest BCUT2D eigenvalue weighted by Crippen LogP contribution is 2.24. The van der Waals surface area contributed by atoms with Gasteiger partial charge in [-0.25, -0.2) is 4.98 Å². The zero-order chi connectivity index (χ0) is 17.8. The molecule has 0 spiro atoms. The Bertz CT molecular complexity index is 863. The van der Waals surface area contributed by atoms with Crippen molar-refractivity contribution in [3.05, 3.63) is 60.0 Å². The molecule has 0 unspecified atom stereocenters. The van der Waals surface area contributed by atoms with Crippen molar-refractivity contribution in [2.75, 3.05) is 19.5 Å². The number of amides is 1. The molecule has 0 aliphatic carbocycles. The molecule has 0 saturated heterocycles. The van der Waals surface area contributed by atoms with Crippen LogP contribution in [-0.4, -0.2) is 30.1 Å². The monoisotopic (exact) mass is 337 g/mol. The summed E-state index contributed by atoms with van der Waals surface area (Å²) in [6.45, 7) is 1.97. The lowest BCUT2D eigenvalue weighted by Crippen LogP contribution is -2.12. The van der Waals surface area contributed by atoms with Crippen molar-refractivity contribution in [1.29, 1.82) is 0 Å². The van der Waals surface area contributed by atoms with Gasteiger partial charge in [0.1, 0.15) is 11.5 Å². The molecule has 1 aromatic heterocycles. The van der Waals surface area contributed by atoms with E-state index in [1.165, 1.54) is 0 Å². The normalized spacial score (nSPS) is 10.4. The zero-order valence-electron chi connectivity index (χ0n) is 14.3. The molecule has 0 atom stereocenters. The molecule has 3 rings (SSSR count). The van der Waals surface area contributed by atoms with Gasteiger partial charge < -0.3 is 19.8 Å². The highest BCUT2D eigenvalue weighted by atomic mass is 16.5. The summed E-state index contributed by atoms with van der Waals surface area (Å²) in [5.41, 5.74) is 4.04. The second-order valence-electron chi connectivity index (χ2n) is 5.51. The molecule has 128 valence electrons. The van der Waals surface area contributed by atoms with Crippen molar-refractivity contribution in [3.8, 4) is 22.8 Å². The summed E-state index contributed by atoms with van der Waals surface area (Å²) in [6.07, 6.45) is 1.66. The lowest BCUT2D eigenvalue weighted by atomic mass is 10.1. The maximum atomic E-state index is 12.5. The molecule has 0 aliphatic rings. The van der Waals surface area contributed by atoms with E-state index in [1.807, 2.05) is 31.2 Å². The number of H-pyrrole nitrogens is 1. The fourth-order valence-corrected chi connectivity index (χ4v) is 2.50. The number of aromatic amines is 1. The van der Waals surface area contributed by atoms with E-state index < -0.39 is 0 Å². The minimum atomic E-state index is -0.235. The molecule has 0 bridgehead atoms. The number of hydrogen-bond acceptors (Lipinski definition) is 4. The number of carbonyl (C=O) groups excluding carboxylic acids is 1. The van der Waals surface area contributed by atoms with Crippen LogP contribution in [0.3, 0.4) is 0 Å². The Kier molecular flexibility index (Phi) is 4.70. The molecule has 6 heteroatoms. The maximum absolute atomic E-state index is 12.5. The van der Waals surface area contributed by atoms with Gasteiger partial charge in [0.25, 0.3) is 5.91 Å². The molecule has 0 saturated carbocycles. The SMILES string of the molecule is COc1cc(OC)cc(C(=O)Nc2ccc(-c3nc[nH]c3C)cc2)c1. The van der Waals surface area contributed by atoms with E-state index in [9.17, 15) is 4.79 Å². The Morgan fingerprint density at radius 1 is 1.04 bits per heavy atom. The number of methoxy groups -OCH3 is 2. The number of benzene rings is 2. The number of aryl methyl sites for hydroxylation is 1. The predicted molar refractivity (Wildman–Crippen MR) is 96.3 cm³/mol. The van der Waals surface area contributed by atoms with Crippen LogP contribution in [0.25, 0.3) is 11.3 Å². The van der Waals surface area contributed by atoms with Gasteiger partial charge in [-0.05, 0) is 31.2 Å². The topological polar surface area (TPSA) is 76.2 Å². The summed E-state index contributed by atoms with van der Waals surface area (Å²) in [6, 6.07) is 12.6. The highest BCUT2D eigenvalue weighted by Gasteiger charge is 2.11. The fourth-order valence-electron chi connectivity index (χ4n) is 2.50. The Morgan fingerprint density at radius 3 is 2.20 bits per heavy atom. The number of anilines is 1. The van der Waals surface area contributed by atoms with Crippen LogP contribution in [0.4, 0.5) is 5.69 Å². The van der Waals surface area contributed by atoms with Crippen LogP contribution in [0, 0.1) is 6.92 Å². The molecular formula is C19H19N3O3. The third-order valence-electron chi connectivity index (χ3n) is 3.86. The fraction of sp³-hybridized carbons (Fsp3) is 0.158. The van der Waals surface area contributed by atoms with Gasteiger partial charge in [0.05, 0.1) is 26.2 Å². The summed E-state index contributed by atoms with van der Waals surface area (Å²) in [4.78, 5) is 19.8. The molecule has 2 aromatic carbocycles. The van der Waals surface area contributed by atoms with Crippen LogP contribution in [0.1, 0.15) is 16.1 Å². The number of hydrogen-bond donors (Lipinski definition) is 2. The third kappa shape index (κ3) is 3.63. The predicted octanol–water partition coefficient (Wildman–Crippen LogP) is 3.65. The first-order chi connectivity index (χ1) is 12.1. The minimum Gasteiger partial charge on any atom is -0.497 e. The Labute approximate surface area is 145 Å². The molecular weight excluding hydrogens is 318 g/mol. The van der Waals surface area contributed by atoms with E-state index in [2.05, 4.69) is 15.3 Å². The lowest BCUT2D eigenvalue weighted by Gasteiger charge is -2.09. The van der Waals surface area contributed by atoms with Gasteiger partial charge in [0.15, 0.2) is 0 Å². The molecule has 1 heterocycles. The zero-order valence-corrected chi connectivity index (χ0v) is 14.3. The first-order valence-corrected chi connectivity index (χ1v) is 7.75. The summed E-state index contributed by atoms with van der Waals surface area (Å²) in [7, 11) is 3.10. The van der Waals surface area contributed by atoms with Crippen molar-refractivity contribution in [3.63, 3.8) is 0 Å². The summed E-state index contributed by atoms with van der Waals surface area (Å²) < 4.78 is 10.4. The van der Waals surface area contributed by atoms with Gasteiger partial charge in [0.2, 0.25) is 0 Å². The van der Waals surface area contributed by atoms with Crippen LogP contribution >= 0.6 is 0 Å². The molecule has 6 nitrogen and oxygen atoms in total. The van der Waals surface area contributed by atoms with Crippen LogP contribution in [-0.2, 0) is 0 Å². The van der Waals surface area contributed by atoms with Gasteiger partial charge in [-0.15, -0.1) is 0 Å². The number of ether oxygens (including phenoxy) is 2. The number of rotatable bonds is 5. The molecule has 0 radical (unpaired) electrons. The number of imidazole rings is 1. The molecule has 2 N–H and O–H groups in total. The van der Waals surface area contributed by atoms with Gasteiger partial charge in [0, 0.05) is 28.6 Å². The van der Waals surface area contributed by atoms with Crippen LogP contribution in [0.15, 0.2) is 48.8 Å². The molecule has 0 aliphatic heterocycles. The van der Waals surface area contributed by atoms with Crippen LogP contribution in [0.5, 0.6) is 11.5 Å². The summed E-state index contributed by atoms with van der Waals surface area (Å²) in [5, 5.41) is 2.87. The van der Waals surface area contributed by atoms with E-state index in [-0.39, 0.29) is 5.91 Å². The van der Waals surface area contributed by atoms with Crippen molar-refractivity contribution in [2.24, 2.45) is 0 Å². The van der Waals surface area contributed by atoms with Gasteiger partial charge in [-0.2, -0.15) is 0 Å². The van der Waals surface area contributed by atoms with Crippen molar-refractivity contribution < 1.29 is 14.3 Å². The minimum absolute atomic E-state index is 0.235. The smallest absolute Gasteiger partial charge is 0.255 e. The van der Waals surface area contributed by atoms with Gasteiger partial charge >= 0.3 is 0 Å². The van der Waals surface area contributed by atoms with Crippen molar-refractivity contribution in [2.45, 2.75) is 6.92 Å². The van der Waals surface area contributed by atoms with E-state index in [0.717, 1.165) is 17.0 Å². The van der Waals surface area contributed by atoms with E-state index >= 15 is 0 Å². The number of carbonyl (C=O) groups is 1. The summed E-state index contributed by atoms with van der Waals surface area (Å²) >= 11 is 0. The molecule has 1 amide bonds. The average molecular weight is 337 g/mol. The van der Waals surface area contributed by atoms with Crippen LogP contribution in [0.2, 0.25) is 0 Å². The van der Waals surface area contributed by atoms with Crippen molar-refractivity contribution in [1.82, 2.24) is 9.97 Å². The third-order valence-corrected chi connectivity index (χ3v) is 3.86. The number of nitrogens with zero attached hydrogens (tertiary/aromatic N) is 1. The second-order valence-corrected chi connectivity index (χ2v) is 5.51. The Morgan fingerprint density at radius 2 is 1.68 bits per heavy atom. The maximum Gasteiger partial charge on any atom is 0.255 e. The van der Waals surface area contributed by atoms with Crippen molar-refractivity contribution >= 4 is 11.6 Å². The quantitative estimate of drug-likeness (QED) is 0.745. The van der Waals surface area contributed by atoms with Gasteiger partial charge in [-0.1, -0.05) is 12.1 Å². The highest BCUT2D eigenvalue weighted by molar-refractivity contribution is 6.04. The number of aromatic nitrogens is 2. The van der Waals surface area contributed by atoms with Gasteiger partial charge in [-0.3, -0.25) is 4.79 Å². The average Bonchev–Trinajstić information content (AvgIpc) is 3.07. The Hall–Kier alpha value is -3.28. The standard InChI is InChI=1S/C19H19N3O3/c1-12-18(21-11-20-12)13-4-6-15(7-5-13)22-19(23)14-8-16(24-2)10-17(9-14)25-3/h4-11H,1-3H3,(H,20,21)(H,22,23). The molecule has 0 fully saturated rings. The largest absolute Gasteiger partial charge is 0.497 e. The molecule has 25 heavy (non-hydrogen) atoms. The lowest BCUT2D eigenvalue weighted by molar-refractivity contribution is 0.102. The van der Waals surface area contributed by atoms with Crippen LogP contribution < -0.4 is 14.8 Å². The Balaban J connectivity index is 1.78. The first kappa shape index (κ1) is 16.6. The first-order valence-electron chi connectivity index (χ1n) is 7.75. The second kappa shape index (κ2) is 7.09. The molecule has 3 aromatic rings. The van der Waals surface area contributed by atoms with E-state index in [0.29, 0.717) is 22.7 Å². The van der Waals surface area contributed by atoms with E-state index in [1.54, 1.807) is 38.7 Å². The summed E-state index contributed by atoms with van der Waals surface area (Å²) in [5.74, 6) is 0.892. The van der Waals surface area contributed by atoms with E-state index in [4.69, 9.17) is 9.47 Å².